The standard InChI is InChI=1S/2C9H8O2.C6H12O2.2Na/c2*10-9(11)7-6-8-4-2-1-3-5-8;1-5(2)3-4-6(7)8;;/h2*1-7H,(H,10,11);5H,3-4H2,1-2H3,(H,7,8);;/q;;;2*+1/p-2. The SMILES string of the molecule is CC(C)CCC(=O)O.O=C([O-])C=Cc1ccccc1.O=C([O-])C=Cc1ccccc1.[Na+].[Na+]. The number of carbonyl (C=O) groups is 3. The van der Waals surface area contributed by atoms with E-state index < -0.39 is 17.9 Å². The van der Waals surface area contributed by atoms with Crippen LogP contribution in [-0.2, 0) is 14.4 Å². The molecule has 6 nitrogen and oxygen atoms in total. The number of rotatable bonds is 7. The summed E-state index contributed by atoms with van der Waals surface area (Å²) in [6, 6.07) is 18.4. The number of benzene rings is 2. The maximum atomic E-state index is 9.97. The molecule has 0 unspecified atom stereocenters. The van der Waals surface area contributed by atoms with Crippen molar-refractivity contribution in [3.8, 4) is 0 Å². The van der Waals surface area contributed by atoms with E-state index in [1.54, 1.807) is 0 Å². The Balaban J connectivity index is -0.000000388. The van der Waals surface area contributed by atoms with Crippen molar-refractivity contribution < 1.29 is 88.8 Å². The fraction of sp³-hybridized carbons (Fsp3) is 0.208. The quantitative estimate of drug-likeness (QED) is 0.340. The van der Waals surface area contributed by atoms with Crippen molar-refractivity contribution >= 4 is 30.1 Å². The van der Waals surface area contributed by atoms with Gasteiger partial charge in [0.05, 0.1) is 11.9 Å². The number of hydrogen-bond acceptors (Lipinski definition) is 5. The Morgan fingerprint density at radius 2 is 1.12 bits per heavy atom. The molecule has 0 aliphatic heterocycles. The van der Waals surface area contributed by atoms with Gasteiger partial charge >= 0.3 is 65.1 Å². The number of carboxylic acid groups (broad SMARTS) is 3. The van der Waals surface area contributed by atoms with Gasteiger partial charge in [-0.1, -0.05) is 86.7 Å². The largest absolute Gasteiger partial charge is 1.00 e. The van der Waals surface area contributed by atoms with Gasteiger partial charge in [0, 0.05) is 6.42 Å². The van der Waals surface area contributed by atoms with Crippen LogP contribution in [-0.4, -0.2) is 23.0 Å². The van der Waals surface area contributed by atoms with Crippen LogP contribution in [0.2, 0.25) is 0 Å². The van der Waals surface area contributed by atoms with Crippen molar-refractivity contribution in [3.05, 3.63) is 83.9 Å². The molecule has 0 aliphatic carbocycles. The average molecular weight is 456 g/mol. The summed E-state index contributed by atoms with van der Waals surface area (Å²) >= 11 is 0. The predicted molar refractivity (Wildman–Crippen MR) is 113 cm³/mol. The molecule has 1 N–H and O–H groups in total. The van der Waals surface area contributed by atoms with Gasteiger partial charge in [-0.2, -0.15) is 0 Å². The molecule has 8 heteroatoms. The van der Waals surface area contributed by atoms with E-state index in [4.69, 9.17) is 5.11 Å². The second kappa shape index (κ2) is 22.5. The third-order valence-electron chi connectivity index (χ3n) is 3.36. The van der Waals surface area contributed by atoms with Gasteiger partial charge in [0.2, 0.25) is 0 Å². The molecule has 0 aromatic heterocycles. The van der Waals surface area contributed by atoms with E-state index in [0.717, 1.165) is 29.7 Å². The Kier molecular flexibility index (Phi) is 24.6. The first-order valence-corrected chi connectivity index (χ1v) is 9.30. The summed E-state index contributed by atoms with van der Waals surface area (Å²) in [5.74, 6) is -2.53. The van der Waals surface area contributed by atoms with Gasteiger partial charge in [-0.15, -0.1) is 0 Å². The van der Waals surface area contributed by atoms with Crippen LogP contribution in [0, 0.1) is 5.92 Å². The molecule has 0 fully saturated rings. The van der Waals surface area contributed by atoms with Crippen molar-refractivity contribution in [2.75, 3.05) is 0 Å². The van der Waals surface area contributed by atoms with Crippen molar-refractivity contribution in [1.29, 1.82) is 0 Å². The van der Waals surface area contributed by atoms with Crippen molar-refractivity contribution in [3.63, 3.8) is 0 Å². The van der Waals surface area contributed by atoms with Gasteiger partial charge in [-0.3, -0.25) is 4.79 Å². The zero-order valence-corrected chi connectivity index (χ0v) is 23.1. The van der Waals surface area contributed by atoms with E-state index >= 15 is 0 Å². The van der Waals surface area contributed by atoms with Crippen LogP contribution in [0.3, 0.4) is 0 Å². The summed E-state index contributed by atoms with van der Waals surface area (Å²) in [5.41, 5.74) is 1.72. The number of carbonyl (C=O) groups excluding carboxylic acids is 2. The summed E-state index contributed by atoms with van der Waals surface area (Å²) in [5, 5.41) is 28.1. The molecular weight excluding hydrogens is 430 g/mol. The first kappa shape index (κ1) is 34.9. The van der Waals surface area contributed by atoms with Crippen LogP contribution in [0.5, 0.6) is 0 Å². The van der Waals surface area contributed by atoms with Crippen molar-refractivity contribution in [2.24, 2.45) is 5.92 Å². The van der Waals surface area contributed by atoms with E-state index in [2.05, 4.69) is 0 Å². The maximum absolute atomic E-state index is 9.97. The molecule has 0 saturated heterocycles. The smallest absolute Gasteiger partial charge is 0.545 e. The third-order valence-corrected chi connectivity index (χ3v) is 3.36. The molecule has 0 amide bonds. The van der Waals surface area contributed by atoms with Crippen LogP contribution in [0.1, 0.15) is 37.8 Å². The zero-order chi connectivity index (χ0) is 22.8. The molecule has 0 bridgehead atoms. The number of aliphatic carboxylic acids is 3. The minimum absolute atomic E-state index is 0. The molecule has 2 aromatic rings. The molecule has 160 valence electrons. The fourth-order valence-electron chi connectivity index (χ4n) is 1.87. The fourth-order valence-corrected chi connectivity index (χ4v) is 1.87. The van der Waals surface area contributed by atoms with Gasteiger partial charge in [0.25, 0.3) is 0 Å². The first-order chi connectivity index (χ1) is 14.2. The second-order valence-corrected chi connectivity index (χ2v) is 6.45. The Morgan fingerprint density at radius 1 is 0.781 bits per heavy atom. The predicted octanol–water partition coefficient (Wildman–Crippen LogP) is -3.59. The molecule has 0 radical (unpaired) electrons. The van der Waals surface area contributed by atoms with Crippen molar-refractivity contribution in [1.82, 2.24) is 0 Å². The summed E-state index contributed by atoms with van der Waals surface area (Å²) in [6.45, 7) is 4.03. The molecule has 2 aromatic carbocycles. The molecule has 2 rings (SSSR count). The molecule has 32 heavy (non-hydrogen) atoms. The third kappa shape index (κ3) is 24.6. The van der Waals surface area contributed by atoms with Crippen LogP contribution in [0.15, 0.2) is 72.8 Å². The molecule has 0 heterocycles. The van der Waals surface area contributed by atoms with Gasteiger partial charge < -0.3 is 24.9 Å². The van der Waals surface area contributed by atoms with Gasteiger partial charge in [0.15, 0.2) is 0 Å². The van der Waals surface area contributed by atoms with Gasteiger partial charge in [-0.25, -0.2) is 0 Å². The zero-order valence-electron chi connectivity index (χ0n) is 19.1. The van der Waals surface area contributed by atoms with Crippen LogP contribution < -0.4 is 69.3 Å². The minimum atomic E-state index is -1.17. The molecule has 0 aliphatic rings. The van der Waals surface area contributed by atoms with E-state index in [0.29, 0.717) is 12.3 Å². The van der Waals surface area contributed by atoms with Gasteiger partial charge in [-0.05, 0) is 35.6 Å². The minimum Gasteiger partial charge on any atom is -0.545 e. The Hall–Kier alpha value is -1.67. The summed E-state index contributed by atoms with van der Waals surface area (Å²) in [7, 11) is 0. The number of carboxylic acids is 3. The van der Waals surface area contributed by atoms with E-state index in [1.165, 1.54) is 12.2 Å². The topological polar surface area (TPSA) is 118 Å². The molecular formula is C24H26Na2O6. The van der Waals surface area contributed by atoms with E-state index in [9.17, 15) is 24.6 Å². The van der Waals surface area contributed by atoms with E-state index in [1.807, 2.05) is 74.5 Å². The second-order valence-electron chi connectivity index (χ2n) is 6.45. The normalized spacial score (nSPS) is 9.47. The maximum Gasteiger partial charge on any atom is 1.00 e. The van der Waals surface area contributed by atoms with Gasteiger partial charge in [0.1, 0.15) is 0 Å². The molecule has 0 atom stereocenters. The van der Waals surface area contributed by atoms with Crippen LogP contribution in [0.4, 0.5) is 0 Å². The Labute approximate surface area is 233 Å². The average Bonchev–Trinajstić information content (AvgIpc) is 2.72. The summed E-state index contributed by atoms with van der Waals surface area (Å²) in [6.07, 6.45) is 6.10. The number of hydrogen-bond donors (Lipinski definition) is 1. The first-order valence-electron chi connectivity index (χ1n) is 9.30. The summed E-state index contributed by atoms with van der Waals surface area (Å²) < 4.78 is 0. The monoisotopic (exact) mass is 456 g/mol. The Bertz CT molecular complexity index is 759. The molecule has 0 spiro atoms. The van der Waals surface area contributed by atoms with Crippen LogP contribution in [0.25, 0.3) is 12.2 Å². The Morgan fingerprint density at radius 3 is 1.34 bits per heavy atom. The van der Waals surface area contributed by atoms with Crippen LogP contribution >= 0.6 is 0 Å². The van der Waals surface area contributed by atoms with E-state index in [-0.39, 0.29) is 59.1 Å². The van der Waals surface area contributed by atoms with Crippen molar-refractivity contribution in [2.45, 2.75) is 26.7 Å². The molecule has 0 saturated carbocycles. The summed E-state index contributed by atoms with van der Waals surface area (Å²) in [4.78, 5) is 29.9.